The first kappa shape index (κ1) is 19.3. The molecular weight excluding hydrogens is 260 g/mol. The zero-order valence-electron chi connectivity index (χ0n) is 14.3. The molecule has 0 saturated heterocycles. The molecule has 0 spiro atoms. The van der Waals surface area contributed by atoms with Crippen molar-refractivity contribution < 1.29 is 4.43 Å². The summed E-state index contributed by atoms with van der Waals surface area (Å²) in [6.45, 7) is 13.6. The molecule has 114 valence electrons. The van der Waals surface area contributed by atoms with Crippen molar-refractivity contribution >= 4 is 8.32 Å². The normalized spacial score (nSPS) is 11.0. The van der Waals surface area contributed by atoms with Crippen LogP contribution in [0.3, 0.4) is 0 Å². The van der Waals surface area contributed by atoms with Crippen LogP contribution in [0.25, 0.3) is 0 Å². The minimum Gasteiger partial charge on any atom is -0.394 e. The van der Waals surface area contributed by atoms with Crippen molar-refractivity contribution in [3.05, 3.63) is 0 Å². The monoisotopic (exact) mass is 292 g/mol. The molecule has 0 atom stereocenters. The van der Waals surface area contributed by atoms with E-state index in [1.807, 2.05) is 6.92 Å². The van der Waals surface area contributed by atoms with E-state index < -0.39 is 8.32 Å². The second kappa shape index (κ2) is 11.0. The first-order chi connectivity index (χ1) is 9.51. The van der Waals surface area contributed by atoms with E-state index in [1.165, 1.54) is 25.7 Å². The number of hydrogen-bond acceptors (Lipinski definition) is 1. The van der Waals surface area contributed by atoms with Crippen molar-refractivity contribution in [2.24, 2.45) is 0 Å². The van der Waals surface area contributed by atoms with Gasteiger partial charge in [-0.3, -0.25) is 0 Å². The Hall–Kier alpha value is -0.703. The lowest BCUT2D eigenvalue weighted by atomic mass is 10.2. The van der Waals surface area contributed by atoms with E-state index in [1.54, 1.807) is 0 Å². The zero-order chi connectivity index (χ0) is 15.4. The van der Waals surface area contributed by atoms with Gasteiger partial charge in [0.1, 0.15) is 0 Å². The lowest BCUT2D eigenvalue weighted by Gasteiger charge is -2.32. The van der Waals surface area contributed by atoms with Crippen LogP contribution in [0.4, 0.5) is 0 Å². The molecule has 0 aliphatic rings. The first-order valence-electron chi connectivity index (χ1n) is 8.04. The molecule has 0 saturated carbocycles. The molecule has 0 bridgehead atoms. The summed E-state index contributed by atoms with van der Waals surface area (Å²) in [4.78, 5) is 0. The summed E-state index contributed by atoms with van der Waals surface area (Å²) < 4.78 is 6.21. The lowest BCUT2D eigenvalue weighted by molar-refractivity contribution is 0.344. The largest absolute Gasteiger partial charge is 0.394 e. The van der Waals surface area contributed by atoms with Crippen LogP contribution in [0.15, 0.2) is 0 Å². The highest BCUT2D eigenvalue weighted by molar-refractivity contribution is 6.84. The number of hydrogen-bond donors (Lipinski definition) is 0. The second-order valence-corrected chi connectivity index (χ2v) is 10.4. The minimum atomic E-state index is -2.02. The Labute approximate surface area is 128 Å². The smallest absolute Gasteiger partial charge is 0.278 e. The van der Waals surface area contributed by atoms with E-state index in [-0.39, 0.29) is 0 Å². The van der Waals surface area contributed by atoms with Crippen LogP contribution in [-0.2, 0) is 4.43 Å². The van der Waals surface area contributed by atoms with Crippen molar-refractivity contribution in [1.29, 1.82) is 0 Å². The SMILES string of the molecule is CC#CCO[Si](C#CCCCCCC)(C(C)C)C(C)C. The fraction of sp³-hybridized carbons (Fsp3) is 0.778. The zero-order valence-corrected chi connectivity index (χ0v) is 15.3. The van der Waals surface area contributed by atoms with Gasteiger partial charge >= 0.3 is 0 Å². The summed E-state index contributed by atoms with van der Waals surface area (Å²) in [6.07, 6.45) is 6.13. The van der Waals surface area contributed by atoms with E-state index >= 15 is 0 Å². The number of rotatable bonds is 8. The van der Waals surface area contributed by atoms with E-state index in [0.29, 0.717) is 17.7 Å². The second-order valence-electron chi connectivity index (χ2n) is 5.93. The van der Waals surface area contributed by atoms with Crippen LogP contribution < -0.4 is 0 Å². The number of unbranched alkanes of at least 4 members (excludes halogenated alkanes) is 4. The molecule has 0 N–H and O–H groups in total. The Morgan fingerprint density at radius 3 is 2.10 bits per heavy atom. The Bertz CT molecular complexity index is 354. The predicted octanol–water partition coefficient (Wildman–Crippen LogP) is 5.30. The van der Waals surface area contributed by atoms with E-state index in [0.717, 1.165) is 6.42 Å². The molecule has 1 nitrogen and oxygen atoms in total. The maximum absolute atomic E-state index is 6.21. The third kappa shape index (κ3) is 6.64. The Morgan fingerprint density at radius 1 is 0.950 bits per heavy atom. The molecular formula is C18H32OSi. The first-order valence-corrected chi connectivity index (χ1v) is 10.1. The summed E-state index contributed by atoms with van der Waals surface area (Å²) in [5, 5.41) is 0. The van der Waals surface area contributed by atoms with Crippen molar-refractivity contribution in [3.8, 4) is 23.3 Å². The van der Waals surface area contributed by atoms with Crippen LogP contribution in [0, 0.1) is 23.3 Å². The summed E-state index contributed by atoms with van der Waals surface area (Å²) in [5.74, 6) is 9.35. The molecule has 0 aromatic rings. The van der Waals surface area contributed by atoms with Gasteiger partial charge in [-0.15, -0.1) is 11.8 Å². The van der Waals surface area contributed by atoms with E-state index in [4.69, 9.17) is 4.43 Å². The van der Waals surface area contributed by atoms with Crippen molar-refractivity contribution in [2.45, 2.75) is 84.7 Å². The van der Waals surface area contributed by atoms with E-state index in [2.05, 4.69) is 57.9 Å². The van der Waals surface area contributed by atoms with Gasteiger partial charge in [0.15, 0.2) is 0 Å². The third-order valence-corrected chi connectivity index (χ3v) is 8.33. The van der Waals surface area contributed by atoms with Crippen LogP contribution in [0.1, 0.15) is 73.6 Å². The van der Waals surface area contributed by atoms with Gasteiger partial charge in [-0.1, -0.05) is 65.3 Å². The maximum atomic E-state index is 6.21. The Kier molecular flexibility index (Phi) is 10.6. The van der Waals surface area contributed by atoms with Gasteiger partial charge in [0, 0.05) is 6.42 Å². The topological polar surface area (TPSA) is 9.23 Å². The predicted molar refractivity (Wildman–Crippen MR) is 91.9 cm³/mol. The maximum Gasteiger partial charge on any atom is 0.278 e. The van der Waals surface area contributed by atoms with Crippen molar-refractivity contribution in [3.63, 3.8) is 0 Å². The molecule has 2 heteroatoms. The lowest BCUT2D eigenvalue weighted by Crippen LogP contribution is -2.44. The van der Waals surface area contributed by atoms with Crippen molar-refractivity contribution in [1.82, 2.24) is 0 Å². The minimum absolute atomic E-state index is 0.504. The highest BCUT2D eigenvalue weighted by Crippen LogP contribution is 2.32. The van der Waals surface area contributed by atoms with E-state index in [9.17, 15) is 0 Å². The van der Waals surface area contributed by atoms with Crippen molar-refractivity contribution in [2.75, 3.05) is 6.61 Å². The van der Waals surface area contributed by atoms with Crippen LogP contribution in [-0.4, -0.2) is 14.9 Å². The summed E-state index contributed by atoms with van der Waals surface area (Å²) in [5.41, 5.74) is 4.57. The fourth-order valence-electron chi connectivity index (χ4n) is 2.39. The van der Waals surface area contributed by atoms with Crippen LogP contribution in [0.5, 0.6) is 0 Å². The average molecular weight is 293 g/mol. The molecule has 0 amide bonds. The molecule has 0 fully saturated rings. The van der Waals surface area contributed by atoms with Gasteiger partial charge in [-0.25, -0.2) is 0 Å². The quantitative estimate of drug-likeness (QED) is 0.335. The molecule has 0 aromatic heterocycles. The average Bonchev–Trinajstić information content (AvgIpc) is 2.40. The highest BCUT2D eigenvalue weighted by Gasteiger charge is 2.40. The summed E-state index contributed by atoms with van der Waals surface area (Å²) >= 11 is 0. The van der Waals surface area contributed by atoms with Gasteiger partial charge in [-0.05, 0) is 24.4 Å². The summed E-state index contributed by atoms with van der Waals surface area (Å²) in [6, 6.07) is 0. The molecule has 0 aromatic carbocycles. The van der Waals surface area contributed by atoms with Gasteiger partial charge < -0.3 is 4.43 Å². The fourth-order valence-corrected chi connectivity index (χ4v) is 5.76. The highest BCUT2D eigenvalue weighted by atomic mass is 28.4. The Morgan fingerprint density at radius 2 is 1.60 bits per heavy atom. The molecule has 0 radical (unpaired) electrons. The van der Waals surface area contributed by atoms with Crippen LogP contribution in [0.2, 0.25) is 11.1 Å². The molecule has 0 unspecified atom stereocenters. The summed E-state index contributed by atoms with van der Waals surface area (Å²) in [7, 11) is -2.02. The molecule has 0 rings (SSSR count). The van der Waals surface area contributed by atoms with Gasteiger partial charge in [0.2, 0.25) is 0 Å². The molecule has 0 heterocycles. The molecule has 0 aliphatic carbocycles. The van der Waals surface area contributed by atoms with Gasteiger partial charge in [0.05, 0.1) is 6.61 Å². The third-order valence-electron chi connectivity index (χ3n) is 3.71. The molecule has 20 heavy (non-hydrogen) atoms. The standard InChI is InChI=1S/C18H32OSi/c1-7-9-11-12-13-14-16-20(17(3)4,18(5)6)19-15-10-8-2/h17-18H,7,9,11-13,15H2,1-6H3. The van der Waals surface area contributed by atoms with Crippen LogP contribution >= 0.6 is 0 Å². The van der Waals surface area contributed by atoms with Gasteiger partial charge in [0.25, 0.3) is 8.32 Å². The molecule has 0 aliphatic heterocycles. The Balaban J connectivity index is 4.73. The van der Waals surface area contributed by atoms with Gasteiger partial charge in [-0.2, -0.15) is 0 Å².